The summed E-state index contributed by atoms with van der Waals surface area (Å²) in [4.78, 5) is 0. The van der Waals surface area contributed by atoms with Crippen LogP contribution in [0.25, 0.3) is 0 Å². The Morgan fingerprint density at radius 1 is 1.29 bits per heavy atom. The van der Waals surface area contributed by atoms with Gasteiger partial charge in [-0.2, -0.15) is 0 Å². The molecule has 1 aliphatic rings. The van der Waals surface area contributed by atoms with E-state index in [0.717, 1.165) is 31.2 Å². The first kappa shape index (κ1) is 16.3. The van der Waals surface area contributed by atoms with Crippen molar-refractivity contribution in [2.75, 3.05) is 20.3 Å². The topological polar surface area (TPSA) is 30.5 Å². The lowest BCUT2D eigenvalue weighted by atomic mass is 9.77. The molecule has 1 atom stereocenters. The molecule has 0 spiro atoms. The second kappa shape index (κ2) is 8.40. The van der Waals surface area contributed by atoms with Gasteiger partial charge in [-0.1, -0.05) is 19.1 Å². The van der Waals surface area contributed by atoms with Crippen molar-refractivity contribution in [1.29, 1.82) is 0 Å². The Balaban J connectivity index is 1.94. The maximum absolute atomic E-state index is 5.67. The fourth-order valence-corrected chi connectivity index (χ4v) is 3.09. The highest BCUT2D eigenvalue weighted by Gasteiger charge is 2.31. The quantitative estimate of drug-likeness (QED) is 0.747. The Labute approximate surface area is 129 Å². The zero-order valence-corrected chi connectivity index (χ0v) is 13.6. The predicted octanol–water partition coefficient (Wildman–Crippen LogP) is 3.94. The smallest absolute Gasteiger partial charge is 0.119 e. The molecule has 0 amide bonds. The van der Waals surface area contributed by atoms with Gasteiger partial charge >= 0.3 is 0 Å². The second-order valence-corrected chi connectivity index (χ2v) is 5.93. The first-order valence-electron chi connectivity index (χ1n) is 8.25. The van der Waals surface area contributed by atoms with Crippen molar-refractivity contribution < 1.29 is 9.47 Å². The van der Waals surface area contributed by atoms with Crippen LogP contribution in [0.3, 0.4) is 0 Å². The SMILES string of the molecule is CCCNC(CC1CC(OCC)C1)c1cccc(OC)c1. The van der Waals surface area contributed by atoms with Crippen molar-refractivity contribution >= 4 is 0 Å². The molecule has 3 heteroatoms. The standard InChI is InChI=1S/C18H29NO2/c1-4-9-19-18(12-14-10-17(11-14)21-5-2)15-7-6-8-16(13-15)20-3/h6-8,13-14,17-19H,4-5,9-12H2,1-3H3. The Hall–Kier alpha value is -1.06. The molecule has 1 N–H and O–H groups in total. The summed E-state index contributed by atoms with van der Waals surface area (Å²) >= 11 is 0. The highest BCUT2D eigenvalue weighted by atomic mass is 16.5. The van der Waals surface area contributed by atoms with Gasteiger partial charge in [0.1, 0.15) is 5.75 Å². The van der Waals surface area contributed by atoms with Gasteiger partial charge in [0.15, 0.2) is 0 Å². The van der Waals surface area contributed by atoms with E-state index in [4.69, 9.17) is 9.47 Å². The minimum atomic E-state index is 0.424. The summed E-state index contributed by atoms with van der Waals surface area (Å²) in [5.74, 6) is 1.72. The third kappa shape index (κ3) is 4.72. The van der Waals surface area contributed by atoms with Crippen molar-refractivity contribution in [3.63, 3.8) is 0 Å². The number of hydrogen-bond acceptors (Lipinski definition) is 3. The Bertz CT molecular complexity index is 415. The van der Waals surface area contributed by atoms with Gasteiger partial charge in [0.05, 0.1) is 13.2 Å². The molecule has 1 aliphatic carbocycles. The van der Waals surface area contributed by atoms with Gasteiger partial charge in [-0.15, -0.1) is 0 Å². The molecule has 1 aromatic carbocycles. The third-order valence-corrected chi connectivity index (χ3v) is 4.30. The lowest BCUT2D eigenvalue weighted by Crippen LogP contribution is -2.35. The van der Waals surface area contributed by atoms with E-state index in [2.05, 4.69) is 37.4 Å². The lowest BCUT2D eigenvalue weighted by molar-refractivity contribution is -0.0291. The van der Waals surface area contributed by atoms with Gasteiger partial charge in [-0.05, 0) is 62.8 Å². The summed E-state index contributed by atoms with van der Waals surface area (Å²) in [5, 5.41) is 3.69. The number of methoxy groups -OCH3 is 1. The lowest BCUT2D eigenvalue weighted by Gasteiger charge is -2.37. The Kier molecular flexibility index (Phi) is 6.52. The van der Waals surface area contributed by atoms with E-state index in [0.29, 0.717) is 12.1 Å². The van der Waals surface area contributed by atoms with Crippen LogP contribution in [0, 0.1) is 5.92 Å². The van der Waals surface area contributed by atoms with Gasteiger partial charge in [-0.25, -0.2) is 0 Å². The van der Waals surface area contributed by atoms with Crippen molar-refractivity contribution in [1.82, 2.24) is 5.32 Å². The van der Waals surface area contributed by atoms with E-state index in [9.17, 15) is 0 Å². The van der Waals surface area contributed by atoms with Crippen LogP contribution in [0.2, 0.25) is 0 Å². The first-order valence-corrected chi connectivity index (χ1v) is 8.25. The molecule has 3 nitrogen and oxygen atoms in total. The van der Waals surface area contributed by atoms with E-state index in [1.807, 2.05) is 6.07 Å². The van der Waals surface area contributed by atoms with Crippen LogP contribution in [0.15, 0.2) is 24.3 Å². The summed E-state index contributed by atoms with van der Waals surface area (Å²) < 4.78 is 11.0. The van der Waals surface area contributed by atoms with Gasteiger partial charge in [0.2, 0.25) is 0 Å². The molecule has 118 valence electrons. The summed E-state index contributed by atoms with van der Waals surface area (Å²) in [6, 6.07) is 8.88. The van der Waals surface area contributed by atoms with Crippen LogP contribution in [0.5, 0.6) is 5.75 Å². The molecule has 1 aromatic rings. The minimum absolute atomic E-state index is 0.424. The molecule has 0 radical (unpaired) electrons. The van der Waals surface area contributed by atoms with E-state index in [-0.39, 0.29) is 0 Å². The molecule has 0 bridgehead atoms. The van der Waals surface area contributed by atoms with Gasteiger partial charge in [0.25, 0.3) is 0 Å². The minimum Gasteiger partial charge on any atom is -0.497 e. The molecule has 0 aliphatic heterocycles. The zero-order valence-electron chi connectivity index (χ0n) is 13.6. The summed E-state index contributed by atoms with van der Waals surface area (Å²) in [6.07, 6.45) is 5.27. The van der Waals surface area contributed by atoms with Crippen LogP contribution in [0.4, 0.5) is 0 Å². The van der Waals surface area contributed by atoms with Crippen LogP contribution in [-0.4, -0.2) is 26.4 Å². The van der Waals surface area contributed by atoms with E-state index < -0.39 is 0 Å². The fraction of sp³-hybridized carbons (Fsp3) is 0.667. The molecule has 0 heterocycles. The molecule has 0 saturated heterocycles. The maximum atomic E-state index is 5.67. The average molecular weight is 291 g/mol. The zero-order chi connectivity index (χ0) is 15.1. The Morgan fingerprint density at radius 3 is 2.76 bits per heavy atom. The van der Waals surface area contributed by atoms with E-state index in [1.54, 1.807) is 7.11 Å². The van der Waals surface area contributed by atoms with Crippen molar-refractivity contribution in [2.24, 2.45) is 5.92 Å². The fourth-order valence-electron chi connectivity index (χ4n) is 3.09. The number of ether oxygens (including phenoxy) is 2. The summed E-state index contributed by atoms with van der Waals surface area (Å²) in [7, 11) is 1.73. The molecule has 0 aromatic heterocycles. The van der Waals surface area contributed by atoms with Gasteiger partial charge < -0.3 is 14.8 Å². The van der Waals surface area contributed by atoms with E-state index >= 15 is 0 Å². The molecule has 1 saturated carbocycles. The van der Waals surface area contributed by atoms with Crippen LogP contribution in [0.1, 0.15) is 51.1 Å². The number of rotatable bonds is 9. The second-order valence-electron chi connectivity index (χ2n) is 5.93. The average Bonchev–Trinajstić information content (AvgIpc) is 2.48. The van der Waals surface area contributed by atoms with Crippen molar-refractivity contribution in [2.45, 2.75) is 51.7 Å². The maximum Gasteiger partial charge on any atom is 0.119 e. The number of benzene rings is 1. The normalized spacial score (nSPS) is 22.6. The highest BCUT2D eigenvalue weighted by Crippen LogP contribution is 2.37. The highest BCUT2D eigenvalue weighted by molar-refractivity contribution is 5.30. The third-order valence-electron chi connectivity index (χ3n) is 4.30. The van der Waals surface area contributed by atoms with Gasteiger partial charge in [-0.3, -0.25) is 0 Å². The first-order chi connectivity index (χ1) is 10.3. The summed E-state index contributed by atoms with van der Waals surface area (Å²) in [6.45, 7) is 6.19. The van der Waals surface area contributed by atoms with E-state index in [1.165, 1.54) is 24.8 Å². The predicted molar refractivity (Wildman–Crippen MR) is 86.8 cm³/mol. The molecule has 21 heavy (non-hydrogen) atoms. The monoisotopic (exact) mass is 291 g/mol. The van der Waals surface area contributed by atoms with Crippen molar-refractivity contribution in [3.8, 4) is 5.75 Å². The molecule has 2 rings (SSSR count). The number of nitrogens with one attached hydrogen (secondary N) is 1. The Morgan fingerprint density at radius 2 is 2.10 bits per heavy atom. The molecular weight excluding hydrogens is 262 g/mol. The van der Waals surface area contributed by atoms with Crippen molar-refractivity contribution in [3.05, 3.63) is 29.8 Å². The molecule has 1 fully saturated rings. The molecule has 1 unspecified atom stereocenters. The van der Waals surface area contributed by atoms with Crippen LogP contribution < -0.4 is 10.1 Å². The van der Waals surface area contributed by atoms with Gasteiger partial charge in [0, 0.05) is 12.6 Å². The van der Waals surface area contributed by atoms with Crippen LogP contribution in [-0.2, 0) is 4.74 Å². The van der Waals surface area contributed by atoms with Crippen LogP contribution >= 0.6 is 0 Å². The molecular formula is C18H29NO2. The largest absolute Gasteiger partial charge is 0.497 e. The summed E-state index contributed by atoms with van der Waals surface area (Å²) in [5.41, 5.74) is 1.34. The number of hydrogen-bond donors (Lipinski definition) is 1.